The monoisotopic (exact) mass is 312 g/mol. The van der Waals surface area contributed by atoms with E-state index in [-0.39, 0.29) is 6.61 Å². The molecule has 0 unspecified atom stereocenters. The predicted octanol–water partition coefficient (Wildman–Crippen LogP) is 4.96. The molecule has 1 N–H and O–H groups in total. The molecular weight excluding hydrogens is 296 g/mol. The Bertz CT molecular complexity index is 1060. The third-order valence-electron chi connectivity index (χ3n) is 4.52. The number of hydrogen-bond acceptors (Lipinski definition) is 2. The van der Waals surface area contributed by atoms with Gasteiger partial charge in [0, 0.05) is 11.1 Å². The molecule has 0 saturated carbocycles. The van der Waals surface area contributed by atoms with Crippen molar-refractivity contribution < 1.29 is 9.90 Å². The molecule has 0 aliphatic carbocycles. The first-order valence-electron chi connectivity index (χ1n) is 7.92. The van der Waals surface area contributed by atoms with Gasteiger partial charge in [-0.2, -0.15) is 0 Å². The summed E-state index contributed by atoms with van der Waals surface area (Å²) >= 11 is 0. The topological polar surface area (TPSA) is 37.3 Å². The third kappa shape index (κ3) is 2.20. The highest BCUT2D eigenvalue weighted by molar-refractivity contribution is 6.11. The van der Waals surface area contributed by atoms with E-state index < -0.39 is 0 Å². The van der Waals surface area contributed by atoms with Gasteiger partial charge in [0.05, 0.1) is 6.61 Å². The van der Waals surface area contributed by atoms with Crippen LogP contribution >= 0.6 is 0 Å². The Morgan fingerprint density at radius 1 is 0.708 bits per heavy atom. The van der Waals surface area contributed by atoms with Gasteiger partial charge in [-0.15, -0.1) is 0 Å². The van der Waals surface area contributed by atoms with Gasteiger partial charge in [-0.05, 0) is 32.7 Å². The van der Waals surface area contributed by atoms with Crippen LogP contribution in [0.25, 0.3) is 32.7 Å². The van der Waals surface area contributed by atoms with Crippen LogP contribution in [-0.2, 0) is 6.61 Å². The molecule has 0 spiro atoms. The Hall–Kier alpha value is -2.97. The van der Waals surface area contributed by atoms with Crippen molar-refractivity contribution in [1.82, 2.24) is 0 Å². The molecule has 0 amide bonds. The zero-order valence-electron chi connectivity index (χ0n) is 13.1. The summed E-state index contributed by atoms with van der Waals surface area (Å²) in [5.74, 6) is 0. The summed E-state index contributed by atoms with van der Waals surface area (Å²) in [4.78, 5) is 11.7. The molecular formula is C22H16O2. The first-order valence-corrected chi connectivity index (χ1v) is 7.92. The number of aliphatic hydroxyl groups excluding tert-OH is 1. The first-order chi connectivity index (χ1) is 11.8. The summed E-state index contributed by atoms with van der Waals surface area (Å²) < 4.78 is 0. The van der Waals surface area contributed by atoms with Gasteiger partial charge < -0.3 is 5.11 Å². The lowest BCUT2D eigenvalue weighted by Crippen LogP contribution is -1.96. The number of benzene rings is 4. The molecule has 116 valence electrons. The van der Waals surface area contributed by atoms with E-state index in [1.165, 1.54) is 0 Å². The van der Waals surface area contributed by atoms with Crippen molar-refractivity contribution in [3.63, 3.8) is 0 Å². The van der Waals surface area contributed by atoms with Crippen LogP contribution in [0.2, 0.25) is 0 Å². The molecule has 2 nitrogen and oxygen atoms in total. The number of aldehydes is 1. The van der Waals surface area contributed by atoms with Crippen molar-refractivity contribution in [3.05, 3.63) is 83.9 Å². The molecule has 2 heteroatoms. The van der Waals surface area contributed by atoms with Gasteiger partial charge in [0.2, 0.25) is 0 Å². The van der Waals surface area contributed by atoms with Crippen molar-refractivity contribution in [2.45, 2.75) is 6.61 Å². The molecule has 4 aromatic carbocycles. The summed E-state index contributed by atoms with van der Waals surface area (Å²) in [6, 6.07) is 23.9. The molecule has 0 aliphatic rings. The Morgan fingerprint density at radius 2 is 1.29 bits per heavy atom. The molecule has 0 radical (unpaired) electrons. The van der Waals surface area contributed by atoms with Crippen LogP contribution in [0.4, 0.5) is 0 Å². The molecule has 0 atom stereocenters. The van der Waals surface area contributed by atoms with Crippen LogP contribution in [0.5, 0.6) is 0 Å². The molecule has 0 bridgehead atoms. The lowest BCUT2D eigenvalue weighted by atomic mass is 9.87. The zero-order chi connectivity index (χ0) is 16.5. The van der Waals surface area contributed by atoms with E-state index in [1.54, 1.807) is 0 Å². The van der Waals surface area contributed by atoms with Crippen molar-refractivity contribution in [2.75, 3.05) is 0 Å². The van der Waals surface area contributed by atoms with Gasteiger partial charge in [0.25, 0.3) is 0 Å². The number of rotatable bonds is 3. The highest BCUT2D eigenvalue weighted by Crippen LogP contribution is 2.38. The lowest BCUT2D eigenvalue weighted by Gasteiger charge is -2.16. The minimum atomic E-state index is -0.0678. The second kappa shape index (κ2) is 5.91. The highest BCUT2D eigenvalue weighted by atomic mass is 16.3. The second-order valence-electron chi connectivity index (χ2n) is 5.85. The smallest absolute Gasteiger partial charge is 0.150 e. The maximum atomic E-state index is 11.7. The van der Waals surface area contributed by atoms with Crippen LogP contribution in [0, 0.1) is 0 Å². The molecule has 0 fully saturated rings. The van der Waals surface area contributed by atoms with E-state index in [4.69, 9.17) is 0 Å². The lowest BCUT2D eigenvalue weighted by molar-refractivity contribution is 0.112. The minimum absolute atomic E-state index is 0.0678. The normalized spacial score (nSPS) is 11.0. The summed E-state index contributed by atoms with van der Waals surface area (Å²) in [6.45, 7) is -0.0678. The Labute approximate surface area is 140 Å². The van der Waals surface area contributed by atoms with Gasteiger partial charge in [-0.3, -0.25) is 4.79 Å². The number of hydrogen-bond donors (Lipinski definition) is 1. The fourth-order valence-corrected chi connectivity index (χ4v) is 3.41. The molecule has 0 heterocycles. The number of fused-ring (bicyclic) bond motifs is 2. The molecule has 4 rings (SSSR count). The Morgan fingerprint density at radius 3 is 1.92 bits per heavy atom. The fraction of sp³-hybridized carbons (Fsp3) is 0.0455. The SMILES string of the molecule is O=Cc1ccc2ccccc2c1-c1c(CO)ccc2ccccc12. The summed E-state index contributed by atoms with van der Waals surface area (Å²) in [6.07, 6.45) is 0.894. The number of carbonyl (C=O) groups is 1. The molecule has 0 aromatic heterocycles. The zero-order valence-corrected chi connectivity index (χ0v) is 13.1. The van der Waals surface area contributed by atoms with E-state index in [1.807, 2.05) is 72.8 Å². The van der Waals surface area contributed by atoms with E-state index in [0.717, 1.165) is 44.5 Å². The van der Waals surface area contributed by atoms with Crippen molar-refractivity contribution in [3.8, 4) is 11.1 Å². The van der Waals surface area contributed by atoms with Gasteiger partial charge in [0.15, 0.2) is 6.29 Å². The van der Waals surface area contributed by atoms with E-state index in [2.05, 4.69) is 0 Å². The molecule has 0 aliphatic heterocycles. The van der Waals surface area contributed by atoms with Crippen LogP contribution in [-0.4, -0.2) is 11.4 Å². The third-order valence-corrected chi connectivity index (χ3v) is 4.52. The van der Waals surface area contributed by atoms with E-state index >= 15 is 0 Å². The summed E-state index contributed by atoms with van der Waals surface area (Å²) in [7, 11) is 0. The molecule has 24 heavy (non-hydrogen) atoms. The van der Waals surface area contributed by atoms with Crippen LogP contribution < -0.4 is 0 Å². The predicted molar refractivity (Wildman–Crippen MR) is 98.2 cm³/mol. The average Bonchev–Trinajstić information content (AvgIpc) is 2.66. The maximum absolute atomic E-state index is 11.7. The molecule has 0 saturated heterocycles. The van der Waals surface area contributed by atoms with Gasteiger partial charge >= 0.3 is 0 Å². The van der Waals surface area contributed by atoms with E-state index in [9.17, 15) is 9.90 Å². The summed E-state index contributed by atoms with van der Waals surface area (Å²) in [5, 5.41) is 14.1. The average molecular weight is 312 g/mol. The van der Waals surface area contributed by atoms with Gasteiger partial charge in [-0.1, -0.05) is 72.8 Å². The summed E-state index contributed by atoms with van der Waals surface area (Å²) in [5.41, 5.74) is 3.30. The number of carbonyl (C=O) groups excluding carboxylic acids is 1. The van der Waals surface area contributed by atoms with Crippen LogP contribution in [0.3, 0.4) is 0 Å². The first kappa shape index (κ1) is 14.6. The van der Waals surface area contributed by atoms with Gasteiger partial charge in [0.1, 0.15) is 0 Å². The van der Waals surface area contributed by atoms with Crippen molar-refractivity contribution in [1.29, 1.82) is 0 Å². The standard InChI is InChI=1S/C22H16O2/c23-13-17-11-9-15-5-1-3-7-19(15)21(17)22-18(14-24)12-10-16-6-2-4-8-20(16)22/h1-13,24H,14H2. The molecule has 4 aromatic rings. The largest absolute Gasteiger partial charge is 0.392 e. The van der Waals surface area contributed by atoms with Crippen molar-refractivity contribution >= 4 is 27.8 Å². The fourth-order valence-electron chi connectivity index (χ4n) is 3.41. The Kier molecular flexibility index (Phi) is 3.60. The quantitative estimate of drug-likeness (QED) is 0.543. The Balaban J connectivity index is 2.23. The highest BCUT2D eigenvalue weighted by Gasteiger charge is 2.16. The van der Waals surface area contributed by atoms with Crippen molar-refractivity contribution in [2.24, 2.45) is 0 Å². The van der Waals surface area contributed by atoms with Gasteiger partial charge in [-0.25, -0.2) is 0 Å². The minimum Gasteiger partial charge on any atom is -0.392 e. The maximum Gasteiger partial charge on any atom is 0.150 e. The van der Waals surface area contributed by atoms with Crippen LogP contribution in [0.1, 0.15) is 15.9 Å². The second-order valence-corrected chi connectivity index (χ2v) is 5.85. The van der Waals surface area contributed by atoms with E-state index in [0.29, 0.717) is 5.56 Å². The number of aliphatic hydroxyl groups is 1. The van der Waals surface area contributed by atoms with Crippen LogP contribution in [0.15, 0.2) is 72.8 Å².